The Morgan fingerprint density at radius 1 is 1.25 bits per heavy atom. The van der Waals surface area contributed by atoms with Crippen molar-refractivity contribution in [3.05, 3.63) is 34.9 Å². The number of nitrogens with one attached hydrogen (secondary N) is 2. The van der Waals surface area contributed by atoms with E-state index in [0.29, 0.717) is 6.04 Å². The van der Waals surface area contributed by atoms with Crippen LogP contribution in [0.15, 0.2) is 24.3 Å². The van der Waals surface area contributed by atoms with Gasteiger partial charge in [0.25, 0.3) is 0 Å². The van der Waals surface area contributed by atoms with Gasteiger partial charge >= 0.3 is 0 Å². The number of amides is 1. The van der Waals surface area contributed by atoms with Gasteiger partial charge in [0.1, 0.15) is 0 Å². The van der Waals surface area contributed by atoms with Gasteiger partial charge in [0.2, 0.25) is 5.91 Å². The van der Waals surface area contributed by atoms with Crippen LogP contribution in [0.4, 0.5) is 0 Å². The molecule has 1 aliphatic rings. The smallest absolute Gasteiger partial charge is 0.237 e. The first-order chi connectivity index (χ1) is 9.58. The van der Waals surface area contributed by atoms with Crippen LogP contribution in [0.5, 0.6) is 0 Å². The summed E-state index contributed by atoms with van der Waals surface area (Å²) in [6.45, 7) is 3.93. The van der Waals surface area contributed by atoms with Crippen LogP contribution in [-0.4, -0.2) is 18.0 Å². The van der Waals surface area contributed by atoms with Gasteiger partial charge < -0.3 is 5.32 Å². The fraction of sp³-hybridized carbons (Fsp3) is 0.562. The molecule has 1 aliphatic carbocycles. The molecule has 1 aromatic carbocycles. The zero-order valence-electron chi connectivity index (χ0n) is 12.2. The molecule has 0 radical (unpaired) electrons. The Bertz CT molecular complexity index is 458. The highest BCUT2D eigenvalue weighted by molar-refractivity contribution is 6.31. The van der Waals surface area contributed by atoms with Crippen molar-refractivity contribution in [3.63, 3.8) is 0 Å². The van der Waals surface area contributed by atoms with E-state index in [4.69, 9.17) is 11.6 Å². The Morgan fingerprint density at radius 3 is 2.55 bits per heavy atom. The molecule has 0 bridgehead atoms. The maximum absolute atomic E-state index is 12.1. The van der Waals surface area contributed by atoms with Crippen LogP contribution in [0.25, 0.3) is 0 Å². The molecule has 2 atom stereocenters. The molecule has 2 rings (SSSR count). The van der Waals surface area contributed by atoms with Gasteiger partial charge in [-0.2, -0.15) is 0 Å². The van der Waals surface area contributed by atoms with Crippen LogP contribution in [0, 0.1) is 0 Å². The molecule has 0 saturated heterocycles. The molecule has 110 valence electrons. The quantitative estimate of drug-likeness (QED) is 0.873. The van der Waals surface area contributed by atoms with E-state index in [1.807, 2.05) is 38.1 Å². The Balaban J connectivity index is 1.88. The van der Waals surface area contributed by atoms with Crippen molar-refractivity contribution in [3.8, 4) is 0 Å². The second kappa shape index (κ2) is 7.09. The molecule has 4 heteroatoms. The molecule has 1 fully saturated rings. The van der Waals surface area contributed by atoms with Crippen LogP contribution < -0.4 is 10.6 Å². The highest BCUT2D eigenvalue weighted by atomic mass is 35.5. The van der Waals surface area contributed by atoms with Crippen LogP contribution in [0.3, 0.4) is 0 Å². The van der Waals surface area contributed by atoms with E-state index in [1.54, 1.807) is 0 Å². The first-order valence-corrected chi connectivity index (χ1v) is 7.76. The summed E-state index contributed by atoms with van der Waals surface area (Å²) < 4.78 is 0. The molecule has 0 aromatic heterocycles. The van der Waals surface area contributed by atoms with E-state index < -0.39 is 0 Å². The molecule has 20 heavy (non-hydrogen) atoms. The molecule has 0 heterocycles. The first-order valence-electron chi connectivity index (χ1n) is 7.39. The minimum Gasteiger partial charge on any atom is -0.352 e. The molecule has 1 unspecified atom stereocenters. The number of carbonyl (C=O) groups is 1. The summed E-state index contributed by atoms with van der Waals surface area (Å²) in [5, 5.41) is 7.16. The molecule has 2 N–H and O–H groups in total. The van der Waals surface area contributed by atoms with Gasteiger partial charge in [0.05, 0.1) is 6.04 Å². The SMILES string of the molecule is CC(N[C@H](C)c1ccccc1Cl)C(=O)NC1CCCC1. The monoisotopic (exact) mass is 294 g/mol. The number of benzene rings is 1. The molecule has 0 spiro atoms. The fourth-order valence-corrected chi connectivity index (χ4v) is 3.06. The van der Waals surface area contributed by atoms with Crippen LogP contribution in [-0.2, 0) is 4.79 Å². The lowest BCUT2D eigenvalue weighted by Gasteiger charge is -2.22. The van der Waals surface area contributed by atoms with Crippen LogP contribution in [0.1, 0.15) is 51.1 Å². The summed E-state index contributed by atoms with van der Waals surface area (Å²) in [5.74, 6) is 0.0794. The summed E-state index contributed by atoms with van der Waals surface area (Å²) >= 11 is 6.18. The third-order valence-corrected chi connectivity index (χ3v) is 4.31. The summed E-state index contributed by atoms with van der Waals surface area (Å²) in [6, 6.07) is 7.93. The van der Waals surface area contributed by atoms with E-state index in [9.17, 15) is 4.79 Å². The van der Waals surface area contributed by atoms with E-state index in [0.717, 1.165) is 23.4 Å². The maximum atomic E-state index is 12.1. The lowest BCUT2D eigenvalue weighted by Crippen LogP contribution is -2.46. The first kappa shape index (κ1) is 15.3. The lowest BCUT2D eigenvalue weighted by atomic mass is 10.1. The minimum absolute atomic E-state index is 0.0491. The van der Waals surface area contributed by atoms with Gasteiger partial charge in [-0.3, -0.25) is 10.1 Å². The maximum Gasteiger partial charge on any atom is 0.237 e. The highest BCUT2D eigenvalue weighted by Crippen LogP contribution is 2.22. The molecular formula is C16H23ClN2O. The standard InChI is InChI=1S/C16H23ClN2O/c1-11(14-9-5-6-10-15(14)17)18-12(2)16(20)19-13-7-3-4-8-13/h5-6,9-13,18H,3-4,7-8H2,1-2H3,(H,19,20)/t11-,12?/m1/s1. The van der Waals surface area contributed by atoms with Gasteiger partial charge in [-0.1, -0.05) is 42.6 Å². The van der Waals surface area contributed by atoms with E-state index >= 15 is 0 Å². The largest absolute Gasteiger partial charge is 0.352 e. The highest BCUT2D eigenvalue weighted by Gasteiger charge is 2.22. The topological polar surface area (TPSA) is 41.1 Å². The second-order valence-corrected chi connectivity index (χ2v) is 6.03. The normalized spacial score (nSPS) is 18.8. The van der Waals surface area contributed by atoms with Crippen molar-refractivity contribution in [2.45, 2.75) is 57.7 Å². The summed E-state index contributed by atoms with van der Waals surface area (Å²) in [7, 11) is 0. The van der Waals surface area contributed by atoms with Gasteiger partial charge in [0.15, 0.2) is 0 Å². The molecule has 1 amide bonds. The molecular weight excluding hydrogens is 272 g/mol. The average molecular weight is 295 g/mol. The van der Waals surface area contributed by atoms with Gasteiger partial charge in [0, 0.05) is 17.1 Å². The van der Waals surface area contributed by atoms with Crippen LogP contribution >= 0.6 is 11.6 Å². The number of hydrogen-bond acceptors (Lipinski definition) is 2. The number of carbonyl (C=O) groups excluding carboxylic acids is 1. The molecule has 0 aliphatic heterocycles. The van der Waals surface area contributed by atoms with Crippen LogP contribution in [0.2, 0.25) is 5.02 Å². The van der Waals surface area contributed by atoms with Crippen molar-refractivity contribution in [2.24, 2.45) is 0 Å². The number of hydrogen-bond donors (Lipinski definition) is 2. The zero-order valence-corrected chi connectivity index (χ0v) is 12.9. The van der Waals surface area contributed by atoms with Crippen molar-refractivity contribution in [2.75, 3.05) is 0 Å². The van der Waals surface area contributed by atoms with Crippen molar-refractivity contribution < 1.29 is 4.79 Å². The second-order valence-electron chi connectivity index (χ2n) is 5.62. The van der Waals surface area contributed by atoms with Crippen molar-refractivity contribution in [1.29, 1.82) is 0 Å². The lowest BCUT2D eigenvalue weighted by molar-refractivity contribution is -0.123. The van der Waals surface area contributed by atoms with E-state index in [1.165, 1.54) is 12.8 Å². The molecule has 1 saturated carbocycles. The third-order valence-electron chi connectivity index (χ3n) is 3.97. The number of rotatable bonds is 5. The Morgan fingerprint density at radius 2 is 1.90 bits per heavy atom. The van der Waals surface area contributed by atoms with Gasteiger partial charge in [-0.25, -0.2) is 0 Å². The third kappa shape index (κ3) is 3.97. The zero-order chi connectivity index (χ0) is 14.5. The van der Waals surface area contributed by atoms with Gasteiger partial charge in [-0.05, 0) is 38.3 Å². The number of halogens is 1. The average Bonchev–Trinajstić information content (AvgIpc) is 2.91. The minimum atomic E-state index is -0.220. The van der Waals surface area contributed by atoms with Gasteiger partial charge in [-0.15, -0.1) is 0 Å². The Hall–Kier alpha value is -1.06. The summed E-state index contributed by atoms with van der Waals surface area (Å²) in [5.41, 5.74) is 1.02. The summed E-state index contributed by atoms with van der Waals surface area (Å²) in [6.07, 6.45) is 4.67. The van der Waals surface area contributed by atoms with Crippen molar-refractivity contribution >= 4 is 17.5 Å². The Kier molecular flexibility index (Phi) is 5.44. The summed E-state index contributed by atoms with van der Waals surface area (Å²) in [4.78, 5) is 12.1. The Labute approximate surface area is 126 Å². The van der Waals surface area contributed by atoms with Crippen molar-refractivity contribution in [1.82, 2.24) is 10.6 Å². The van der Waals surface area contributed by atoms with E-state index in [2.05, 4.69) is 10.6 Å². The predicted molar refractivity (Wildman–Crippen MR) is 82.9 cm³/mol. The van der Waals surface area contributed by atoms with E-state index in [-0.39, 0.29) is 18.0 Å². The molecule has 1 aromatic rings. The fourth-order valence-electron chi connectivity index (χ4n) is 2.76. The predicted octanol–water partition coefficient (Wildman–Crippen LogP) is 3.44. The molecule has 3 nitrogen and oxygen atoms in total.